The molecule has 1 aliphatic heterocycles. The van der Waals surface area contributed by atoms with Gasteiger partial charge in [-0.05, 0) is 50.3 Å². The zero-order chi connectivity index (χ0) is 23.7. The number of nitrogens with zero attached hydrogens (tertiary/aromatic N) is 5. The van der Waals surface area contributed by atoms with Gasteiger partial charge in [0, 0.05) is 36.5 Å². The van der Waals surface area contributed by atoms with Crippen LogP contribution in [-0.4, -0.2) is 38.6 Å². The summed E-state index contributed by atoms with van der Waals surface area (Å²) in [6, 6.07) is 16.5. The average molecular weight is 455 g/mol. The van der Waals surface area contributed by atoms with Crippen LogP contribution < -0.4 is 10.2 Å². The predicted octanol–water partition coefficient (Wildman–Crippen LogP) is 4.50. The Kier molecular flexibility index (Phi) is 6.01. The van der Waals surface area contributed by atoms with E-state index in [4.69, 9.17) is 4.98 Å². The van der Waals surface area contributed by atoms with Crippen molar-refractivity contribution in [3.63, 3.8) is 0 Å². The summed E-state index contributed by atoms with van der Waals surface area (Å²) in [7, 11) is 0. The number of anilines is 2. The molecule has 0 saturated carbocycles. The van der Waals surface area contributed by atoms with Crippen molar-refractivity contribution in [3.8, 4) is 0 Å². The van der Waals surface area contributed by atoms with Crippen LogP contribution in [0.15, 0.2) is 54.9 Å². The summed E-state index contributed by atoms with van der Waals surface area (Å²) in [5.41, 5.74) is 6.38. The van der Waals surface area contributed by atoms with Gasteiger partial charge in [0.25, 0.3) is 5.78 Å². The summed E-state index contributed by atoms with van der Waals surface area (Å²) in [6.45, 7) is 7.61. The molecule has 3 heterocycles. The van der Waals surface area contributed by atoms with Gasteiger partial charge in [0.05, 0.1) is 5.92 Å². The fourth-order valence-corrected chi connectivity index (χ4v) is 4.92. The minimum absolute atomic E-state index is 0.0762. The number of aromatic nitrogens is 4. The molecule has 7 nitrogen and oxygen atoms in total. The first-order valence-corrected chi connectivity index (χ1v) is 11.9. The van der Waals surface area contributed by atoms with E-state index in [9.17, 15) is 4.79 Å². The largest absolute Gasteiger partial charge is 0.355 e. The van der Waals surface area contributed by atoms with Gasteiger partial charge in [0.1, 0.15) is 12.1 Å². The highest BCUT2D eigenvalue weighted by Gasteiger charge is 2.30. The van der Waals surface area contributed by atoms with Crippen molar-refractivity contribution >= 4 is 23.2 Å². The van der Waals surface area contributed by atoms with Crippen LogP contribution in [0.1, 0.15) is 40.8 Å². The topological polar surface area (TPSA) is 75.4 Å². The maximum absolute atomic E-state index is 13.3. The molecule has 1 amide bonds. The minimum Gasteiger partial charge on any atom is -0.355 e. The average Bonchev–Trinajstić information content (AvgIpc) is 3.30. The molecule has 1 fully saturated rings. The van der Waals surface area contributed by atoms with Gasteiger partial charge in [0.2, 0.25) is 5.91 Å². The van der Waals surface area contributed by atoms with E-state index in [0.717, 1.165) is 59.7 Å². The van der Waals surface area contributed by atoms with E-state index in [1.807, 2.05) is 49.6 Å². The van der Waals surface area contributed by atoms with Gasteiger partial charge in [-0.25, -0.2) is 4.98 Å². The molecule has 34 heavy (non-hydrogen) atoms. The molecule has 174 valence electrons. The molecule has 1 aliphatic rings. The van der Waals surface area contributed by atoms with Crippen molar-refractivity contribution in [2.75, 3.05) is 23.3 Å². The maximum Gasteiger partial charge on any atom is 0.254 e. The third kappa shape index (κ3) is 4.25. The monoisotopic (exact) mass is 454 g/mol. The molecule has 0 radical (unpaired) electrons. The summed E-state index contributed by atoms with van der Waals surface area (Å²) in [4.78, 5) is 24.7. The van der Waals surface area contributed by atoms with E-state index in [0.29, 0.717) is 12.3 Å². The zero-order valence-corrected chi connectivity index (χ0v) is 20.0. The maximum atomic E-state index is 13.3. The lowest BCUT2D eigenvalue weighted by Gasteiger charge is -2.35. The number of fused-ring (bicyclic) bond motifs is 1. The molecule has 0 spiro atoms. The SMILES string of the molecule is Cc1cccc(C)c1NC(=O)[C@H]1CCCN(c2c(Cc3ccccc3)c(C)nc3ncnn23)C1. The van der Waals surface area contributed by atoms with Gasteiger partial charge in [-0.3, -0.25) is 4.79 Å². The highest BCUT2D eigenvalue weighted by molar-refractivity contribution is 5.94. The number of para-hydroxylation sites is 1. The molecule has 7 heteroatoms. The third-order valence-electron chi connectivity index (χ3n) is 6.75. The third-order valence-corrected chi connectivity index (χ3v) is 6.75. The Labute approximate surface area is 199 Å². The number of benzene rings is 2. The van der Waals surface area contributed by atoms with Crippen molar-refractivity contribution in [1.82, 2.24) is 19.6 Å². The normalized spacial score (nSPS) is 16.1. The van der Waals surface area contributed by atoms with Crippen LogP contribution >= 0.6 is 0 Å². The first-order valence-electron chi connectivity index (χ1n) is 11.9. The molecule has 2 aromatic carbocycles. The van der Waals surface area contributed by atoms with Crippen LogP contribution in [0.3, 0.4) is 0 Å². The van der Waals surface area contributed by atoms with Gasteiger partial charge in [0.15, 0.2) is 0 Å². The molecule has 2 aromatic heterocycles. The molecule has 0 unspecified atom stereocenters. The second-order valence-electron chi connectivity index (χ2n) is 9.17. The first-order chi connectivity index (χ1) is 16.5. The van der Waals surface area contributed by atoms with E-state index >= 15 is 0 Å². The van der Waals surface area contributed by atoms with Gasteiger partial charge in [-0.2, -0.15) is 14.6 Å². The van der Waals surface area contributed by atoms with Gasteiger partial charge >= 0.3 is 0 Å². The van der Waals surface area contributed by atoms with E-state index in [1.54, 1.807) is 6.33 Å². The Bertz CT molecular complexity index is 1310. The molecular weight excluding hydrogens is 424 g/mol. The van der Waals surface area contributed by atoms with Crippen LogP contribution in [0.4, 0.5) is 11.5 Å². The number of nitrogens with one attached hydrogen (secondary N) is 1. The summed E-state index contributed by atoms with van der Waals surface area (Å²) in [5, 5.41) is 7.70. The Hall–Kier alpha value is -3.74. The quantitative estimate of drug-likeness (QED) is 0.481. The molecule has 1 atom stereocenters. The highest BCUT2D eigenvalue weighted by Crippen LogP contribution is 2.31. The Morgan fingerprint density at radius 2 is 1.82 bits per heavy atom. The van der Waals surface area contributed by atoms with Crippen molar-refractivity contribution in [1.29, 1.82) is 0 Å². The number of amides is 1. The number of rotatable bonds is 5. The first kappa shape index (κ1) is 22.1. The van der Waals surface area contributed by atoms with E-state index < -0.39 is 0 Å². The molecular formula is C27H30N6O. The van der Waals surface area contributed by atoms with Crippen LogP contribution in [0, 0.1) is 26.7 Å². The molecule has 4 aromatic rings. The Morgan fingerprint density at radius 1 is 1.06 bits per heavy atom. The lowest BCUT2D eigenvalue weighted by molar-refractivity contribution is -0.120. The van der Waals surface area contributed by atoms with E-state index in [2.05, 4.69) is 44.6 Å². The standard InChI is InChI=1S/C27H30N6O/c1-18-9-7-10-19(2)24(18)31-25(34)22-13-8-14-32(16-22)26-23(15-21-11-5-4-6-12-21)20(3)30-27-28-17-29-33(26)27/h4-7,9-12,17,22H,8,13-16H2,1-3H3,(H,31,34)/t22-/m0/s1. The van der Waals surface area contributed by atoms with Crippen LogP contribution in [0.5, 0.6) is 0 Å². The molecule has 1 N–H and O–H groups in total. The second kappa shape index (κ2) is 9.25. The zero-order valence-electron chi connectivity index (χ0n) is 20.0. The molecule has 1 saturated heterocycles. The number of carbonyl (C=O) groups excluding carboxylic acids is 1. The molecule has 0 bridgehead atoms. The predicted molar refractivity (Wildman–Crippen MR) is 134 cm³/mol. The summed E-state index contributed by atoms with van der Waals surface area (Å²) < 4.78 is 1.83. The number of aryl methyl sites for hydroxylation is 3. The number of piperidine rings is 1. The van der Waals surface area contributed by atoms with Crippen molar-refractivity contribution in [3.05, 3.63) is 82.8 Å². The summed E-state index contributed by atoms with van der Waals surface area (Å²) in [6.07, 6.45) is 4.10. The summed E-state index contributed by atoms with van der Waals surface area (Å²) in [5.74, 6) is 1.55. The number of hydrogen-bond donors (Lipinski definition) is 1. The number of hydrogen-bond acceptors (Lipinski definition) is 5. The van der Waals surface area contributed by atoms with Crippen LogP contribution in [-0.2, 0) is 11.2 Å². The van der Waals surface area contributed by atoms with Gasteiger partial charge in [-0.1, -0.05) is 48.5 Å². The Morgan fingerprint density at radius 3 is 2.59 bits per heavy atom. The fraction of sp³-hybridized carbons (Fsp3) is 0.333. The van der Waals surface area contributed by atoms with E-state index in [1.165, 1.54) is 5.56 Å². The lowest BCUT2D eigenvalue weighted by Crippen LogP contribution is -2.42. The van der Waals surface area contributed by atoms with Crippen molar-refractivity contribution in [2.24, 2.45) is 5.92 Å². The van der Waals surface area contributed by atoms with Gasteiger partial charge < -0.3 is 10.2 Å². The number of carbonyl (C=O) groups is 1. The summed E-state index contributed by atoms with van der Waals surface area (Å²) >= 11 is 0. The van der Waals surface area contributed by atoms with Crippen molar-refractivity contribution in [2.45, 2.75) is 40.0 Å². The van der Waals surface area contributed by atoms with Gasteiger partial charge in [-0.15, -0.1) is 0 Å². The molecule has 5 rings (SSSR count). The highest BCUT2D eigenvalue weighted by atomic mass is 16.1. The smallest absolute Gasteiger partial charge is 0.254 e. The van der Waals surface area contributed by atoms with Crippen LogP contribution in [0.2, 0.25) is 0 Å². The van der Waals surface area contributed by atoms with Crippen LogP contribution in [0.25, 0.3) is 5.78 Å². The fourth-order valence-electron chi connectivity index (χ4n) is 4.92. The minimum atomic E-state index is -0.107. The molecule has 0 aliphatic carbocycles. The lowest BCUT2D eigenvalue weighted by atomic mass is 9.95. The Balaban J connectivity index is 1.47. The van der Waals surface area contributed by atoms with Crippen molar-refractivity contribution < 1.29 is 4.79 Å². The van der Waals surface area contributed by atoms with E-state index in [-0.39, 0.29) is 11.8 Å². The second-order valence-corrected chi connectivity index (χ2v) is 9.17.